The molecule has 0 saturated carbocycles. The molecule has 23 rings (SSSR count). The van der Waals surface area contributed by atoms with Crippen LogP contribution < -0.4 is 0 Å². The number of hydrogen-bond acceptors (Lipinski definition) is 8. The Bertz CT molecular complexity index is 7720. The number of furan rings is 2. The van der Waals surface area contributed by atoms with Crippen LogP contribution in [-0.2, 0) is 0 Å². The quantitative estimate of drug-likeness (QED) is 0.112. The molecule has 10 heteroatoms. The van der Waals surface area contributed by atoms with Crippen molar-refractivity contribution in [2.24, 2.45) is 0 Å². The zero-order valence-electron chi connectivity index (χ0n) is 63.7. The Hall–Kier alpha value is -16.0. The number of nitrogens with zero attached hydrogens (tertiary/aromatic N) is 8. The molecular weight excluding hydrogens is 1440 g/mol. The lowest BCUT2D eigenvalue weighted by Crippen LogP contribution is -2.04. The van der Waals surface area contributed by atoms with Crippen molar-refractivity contribution in [3.05, 3.63) is 413 Å². The standard InChI is InChI=1S/C57H36N4O.C51H32N4O/c1-5-18-37(19-6-1)41-34-42(38-20-7-2-8-21-38)36-43(35-41)56-58-55(40-24-11-4-12-25-40)59-57(60-56)47-27-14-16-31-50(47)61-49-30-15-13-26-45(49)46-32-33-51-52(53(46)61)48-29-17-28-44(54(48)62-51)39-22-9-3-10-23-39;1-4-16-33(17-5-1)36-22-14-23-37(32-36)50-52-49(35-20-8-3-9-21-35)53-51(54-50)41-25-11-13-29-44(41)55-43-28-12-10-24-39(43)40-30-31-45-46(47(40)55)42-27-15-26-38(48(42)56-45)34-18-6-2-7-19-34/h1-36H;1-32H. The molecule has 6 aromatic heterocycles. The van der Waals surface area contributed by atoms with Crippen molar-refractivity contribution in [2.75, 3.05) is 0 Å². The van der Waals surface area contributed by atoms with Crippen LogP contribution in [-0.4, -0.2) is 39.0 Å². The van der Waals surface area contributed by atoms with Crippen LogP contribution in [0.2, 0.25) is 0 Å². The zero-order chi connectivity index (χ0) is 78.0. The molecule has 0 unspecified atom stereocenters. The Balaban J connectivity index is 0.000000143. The maximum Gasteiger partial charge on any atom is 0.166 e. The summed E-state index contributed by atoms with van der Waals surface area (Å²) >= 11 is 0. The molecule has 0 saturated heterocycles. The Morgan fingerprint density at radius 1 is 0.178 bits per heavy atom. The van der Waals surface area contributed by atoms with E-state index in [0.29, 0.717) is 34.9 Å². The second kappa shape index (κ2) is 29.2. The van der Waals surface area contributed by atoms with Crippen molar-refractivity contribution in [1.82, 2.24) is 39.0 Å². The minimum absolute atomic E-state index is 0.581. The highest BCUT2D eigenvalue weighted by molar-refractivity contribution is 6.27. The van der Waals surface area contributed by atoms with Crippen molar-refractivity contribution in [1.29, 1.82) is 0 Å². The van der Waals surface area contributed by atoms with Crippen molar-refractivity contribution < 1.29 is 8.83 Å². The van der Waals surface area contributed by atoms with Gasteiger partial charge >= 0.3 is 0 Å². The fourth-order valence-electron chi connectivity index (χ4n) is 17.1. The minimum atomic E-state index is 0.581. The van der Waals surface area contributed by atoms with Crippen LogP contribution in [0.4, 0.5) is 0 Å². The number of hydrogen-bond donors (Lipinski definition) is 0. The number of aromatic nitrogens is 8. The number of fused-ring (bicyclic) bond motifs is 14. The zero-order valence-corrected chi connectivity index (χ0v) is 63.7. The molecule has 17 aromatic carbocycles. The van der Waals surface area contributed by atoms with E-state index in [4.69, 9.17) is 38.7 Å². The van der Waals surface area contributed by atoms with Gasteiger partial charge < -0.3 is 18.0 Å². The molecule has 0 aliphatic carbocycles. The van der Waals surface area contributed by atoms with Crippen molar-refractivity contribution in [3.63, 3.8) is 0 Å². The predicted molar refractivity (Wildman–Crippen MR) is 483 cm³/mol. The second-order valence-electron chi connectivity index (χ2n) is 29.5. The normalized spacial score (nSPS) is 11.6. The van der Waals surface area contributed by atoms with Gasteiger partial charge in [0, 0.05) is 76.8 Å². The Morgan fingerprint density at radius 3 is 0.898 bits per heavy atom. The Labute approximate surface area is 678 Å². The molecule has 0 atom stereocenters. The van der Waals surface area contributed by atoms with Gasteiger partial charge in [-0.3, -0.25) is 0 Å². The fourth-order valence-corrected chi connectivity index (χ4v) is 17.1. The average Bonchev–Trinajstić information content (AvgIpc) is 1.55. The van der Waals surface area contributed by atoms with E-state index in [1.54, 1.807) is 0 Å². The Kier molecular flexibility index (Phi) is 17.0. The smallest absolute Gasteiger partial charge is 0.166 e. The molecule has 118 heavy (non-hydrogen) atoms. The highest BCUT2D eigenvalue weighted by Crippen LogP contribution is 2.48. The highest BCUT2D eigenvalue weighted by Gasteiger charge is 2.27. The lowest BCUT2D eigenvalue weighted by molar-refractivity contribution is 0.670. The number of rotatable bonds is 13. The van der Waals surface area contributed by atoms with Crippen molar-refractivity contribution >= 4 is 87.5 Å². The van der Waals surface area contributed by atoms with E-state index in [1.165, 1.54) is 0 Å². The van der Waals surface area contributed by atoms with Crippen LogP contribution in [0.5, 0.6) is 0 Å². The van der Waals surface area contributed by atoms with Crippen molar-refractivity contribution in [2.45, 2.75) is 0 Å². The molecule has 0 aliphatic rings. The molecule has 6 heterocycles. The summed E-state index contributed by atoms with van der Waals surface area (Å²) in [7, 11) is 0. The van der Waals surface area contributed by atoms with Crippen molar-refractivity contribution in [3.8, 4) is 135 Å². The second-order valence-corrected chi connectivity index (χ2v) is 29.5. The van der Waals surface area contributed by atoms with Gasteiger partial charge in [-0.15, -0.1) is 0 Å². The molecule has 0 spiro atoms. The summed E-state index contributed by atoms with van der Waals surface area (Å²) in [4.78, 5) is 31.4. The first-order valence-electron chi connectivity index (χ1n) is 39.6. The van der Waals surface area contributed by atoms with Gasteiger partial charge in [0.1, 0.15) is 22.3 Å². The van der Waals surface area contributed by atoms with Crippen LogP contribution >= 0.6 is 0 Å². The molecule has 23 aromatic rings. The van der Waals surface area contributed by atoms with Crippen LogP contribution in [0.15, 0.2) is 421 Å². The third-order valence-corrected chi connectivity index (χ3v) is 22.5. The van der Waals surface area contributed by atoms with E-state index in [1.807, 2.05) is 78.9 Å². The van der Waals surface area contributed by atoms with E-state index in [-0.39, 0.29) is 0 Å². The molecule has 552 valence electrons. The SMILES string of the molecule is c1ccc(-c2cc(-c3ccccc3)cc(-c3nc(-c4ccccc4)nc(-c4ccccc4-n4c5ccccc5c5ccc6oc7c(-c8ccccc8)cccc7c6c54)n3)c2)cc1.c1ccc(-c2cccc(-c3nc(-c4ccccc4)nc(-c4ccccc4-n4c5ccccc5c5ccc6oc7c(-c8ccccc8)cccc7c6c54)n3)c2)cc1. The summed E-state index contributed by atoms with van der Waals surface area (Å²) in [5.74, 6) is 3.60. The maximum atomic E-state index is 6.81. The molecule has 0 N–H and O–H groups in total. The van der Waals surface area contributed by atoms with Gasteiger partial charge in [-0.1, -0.05) is 328 Å². The van der Waals surface area contributed by atoms with E-state index >= 15 is 0 Å². The third-order valence-electron chi connectivity index (χ3n) is 22.5. The first-order valence-corrected chi connectivity index (χ1v) is 39.6. The highest BCUT2D eigenvalue weighted by atomic mass is 16.3. The van der Waals surface area contributed by atoms with Crippen LogP contribution in [0.25, 0.3) is 223 Å². The van der Waals surface area contributed by atoms with Gasteiger partial charge in [0.05, 0.1) is 44.2 Å². The monoisotopic (exact) mass is 1510 g/mol. The van der Waals surface area contributed by atoms with E-state index < -0.39 is 0 Å². The summed E-state index contributed by atoms with van der Waals surface area (Å²) in [5, 5.41) is 8.87. The first kappa shape index (κ1) is 68.7. The van der Waals surface area contributed by atoms with Gasteiger partial charge in [0.2, 0.25) is 0 Å². The minimum Gasteiger partial charge on any atom is -0.455 e. The summed E-state index contributed by atoms with van der Waals surface area (Å²) in [6, 6.07) is 143. The van der Waals surface area contributed by atoms with Gasteiger partial charge in [-0.25, -0.2) is 29.9 Å². The summed E-state index contributed by atoms with van der Waals surface area (Å²) < 4.78 is 18.3. The topological polar surface area (TPSA) is 113 Å². The van der Waals surface area contributed by atoms with Gasteiger partial charge in [0.15, 0.2) is 34.9 Å². The average molecular weight is 1510 g/mol. The molecule has 0 fully saturated rings. The number of para-hydroxylation sites is 6. The molecule has 10 nitrogen and oxygen atoms in total. The van der Waals surface area contributed by atoms with Gasteiger partial charge in [-0.05, 0) is 129 Å². The molecule has 0 amide bonds. The molecule has 0 radical (unpaired) electrons. The maximum absolute atomic E-state index is 6.81. The van der Waals surface area contributed by atoms with Crippen LogP contribution in [0, 0.1) is 0 Å². The first-order chi connectivity index (χ1) is 58.5. The third kappa shape index (κ3) is 12.1. The van der Waals surface area contributed by atoms with E-state index in [0.717, 1.165) is 188 Å². The van der Waals surface area contributed by atoms with E-state index in [2.05, 4.69) is 343 Å². The summed E-state index contributed by atoms with van der Waals surface area (Å²) in [6.45, 7) is 0. The fraction of sp³-hybridized carbons (Fsp3) is 0. The molecule has 0 aliphatic heterocycles. The number of benzene rings is 17. The lowest BCUT2D eigenvalue weighted by atomic mass is 9.96. The van der Waals surface area contributed by atoms with Crippen LogP contribution in [0.1, 0.15) is 0 Å². The molecule has 0 bridgehead atoms. The largest absolute Gasteiger partial charge is 0.455 e. The summed E-state index contributed by atoms with van der Waals surface area (Å²) in [6.07, 6.45) is 0. The van der Waals surface area contributed by atoms with Crippen LogP contribution in [0.3, 0.4) is 0 Å². The van der Waals surface area contributed by atoms with Gasteiger partial charge in [0.25, 0.3) is 0 Å². The van der Waals surface area contributed by atoms with Gasteiger partial charge in [-0.2, -0.15) is 0 Å². The summed E-state index contributed by atoms with van der Waals surface area (Å²) in [5.41, 5.74) is 26.1. The lowest BCUT2D eigenvalue weighted by Gasteiger charge is -2.15. The Morgan fingerprint density at radius 2 is 0.466 bits per heavy atom. The molecular formula is C108H68N8O2. The van der Waals surface area contributed by atoms with E-state index in [9.17, 15) is 0 Å². The predicted octanol–water partition coefficient (Wildman–Crippen LogP) is 28.1.